The van der Waals surface area contributed by atoms with Gasteiger partial charge in [0.05, 0.1) is 16.6 Å². The third kappa shape index (κ3) is 3.78. The first-order valence-corrected chi connectivity index (χ1v) is 10.9. The van der Waals surface area contributed by atoms with E-state index in [1.165, 1.54) is 0 Å². The molecule has 3 aromatic heterocycles. The van der Waals surface area contributed by atoms with Crippen molar-refractivity contribution in [3.63, 3.8) is 0 Å². The van der Waals surface area contributed by atoms with Crippen LogP contribution in [0.5, 0.6) is 0 Å². The summed E-state index contributed by atoms with van der Waals surface area (Å²) in [6.45, 7) is 3.04. The first kappa shape index (κ1) is 19.7. The molecule has 1 saturated heterocycles. The molecule has 0 bridgehead atoms. The second-order valence-corrected chi connectivity index (χ2v) is 8.55. The van der Waals surface area contributed by atoms with Crippen LogP contribution in [0.25, 0.3) is 11.0 Å². The van der Waals surface area contributed by atoms with E-state index in [0.717, 1.165) is 35.3 Å². The van der Waals surface area contributed by atoms with Crippen molar-refractivity contribution in [2.24, 2.45) is 13.0 Å². The summed E-state index contributed by atoms with van der Waals surface area (Å²) >= 11 is 0. The Morgan fingerprint density at radius 2 is 1.90 bits per heavy atom. The summed E-state index contributed by atoms with van der Waals surface area (Å²) in [6, 6.07) is 7.40. The Hall–Kier alpha value is -3.29. The summed E-state index contributed by atoms with van der Waals surface area (Å²) in [5, 5.41) is 8.21. The van der Waals surface area contributed by atoms with Crippen LogP contribution in [-0.4, -0.2) is 49.6 Å². The van der Waals surface area contributed by atoms with Crippen molar-refractivity contribution in [2.75, 3.05) is 18.4 Å². The third-order valence-corrected chi connectivity index (χ3v) is 6.28. The number of anilines is 1. The number of rotatable bonds is 4. The molecule has 31 heavy (non-hydrogen) atoms. The third-order valence-electron chi connectivity index (χ3n) is 6.28. The van der Waals surface area contributed by atoms with E-state index in [-0.39, 0.29) is 17.7 Å². The molecular formula is C23H26N6O2. The fourth-order valence-corrected chi connectivity index (χ4v) is 4.40. The van der Waals surface area contributed by atoms with Crippen LogP contribution in [0.1, 0.15) is 53.3 Å². The molecule has 4 heterocycles. The Kier molecular flexibility index (Phi) is 4.92. The predicted molar refractivity (Wildman–Crippen MR) is 117 cm³/mol. The number of fused-ring (bicyclic) bond motifs is 1. The monoisotopic (exact) mass is 418 g/mol. The minimum absolute atomic E-state index is 0.00832. The van der Waals surface area contributed by atoms with Crippen LogP contribution in [0.3, 0.4) is 0 Å². The minimum Gasteiger partial charge on any atom is -0.339 e. The molecule has 160 valence electrons. The van der Waals surface area contributed by atoms with Crippen molar-refractivity contribution in [1.82, 2.24) is 24.6 Å². The van der Waals surface area contributed by atoms with Gasteiger partial charge in [0.15, 0.2) is 5.65 Å². The molecule has 1 aliphatic carbocycles. The molecule has 2 aliphatic rings. The van der Waals surface area contributed by atoms with Crippen LogP contribution < -0.4 is 5.32 Å². The topological polar surface area (TPSA) is 93.0 Å². The van der Waals surface area contributed by atoms with Crippen LogP contribution in [-0.2, 0) is 11.8 Å². The molecule has 1 aliphatic heterocycles. The lowest BCUT2D eigenvalue weighted by Gasteiger charge is -2.31. The number of piperidine rings is 1. The molecule has 0 radical (unpaired) electrons. The Labute approximate surface area is 180 Å². The van der Waals surface area contributed by atoms with Gasteiger partial charge in [0.1, 0.15) is 5.82 Å². The lowest BCUT2D eigenvalue weighted by molar-refractivity contribution is -0.121. The highest BCUT2D eigenvalue weighted by molar-refractivity contribution is 6.06. The maximum atomic E-state index is 13.5. The van der Waals surface area contributed by atoms with E-state index < -0.39 is 0 Å². The van der Waals surface area contributed by atoms with Crippen molar-refractivity contribution < 1.29 is 9.59 Å². The molecule has 5 rings (SSSR count). The number of hydrogen-bond donors (Lipinski definition) is 1. The number of nitrogens with zero attached hydrogens (tertiary/aromatic N) is 5. The SMILES string of the molecule is Cc1nn(C)c2nc(C3CC3)cc(C(=O)N3CCC(C(=O)Nc4ccccn4)CC3)c12. The zero-order chi connectivity index (χ0) is 21.5. The van der Waals surface area contributed by atoms with Crippen molar-refractivity contribution in [3.8, 4) is 0 Å². The average molecular weight is 419 g/mol. The van der Waals surface area contributed by atoms with Gasteiger partial charge < -0.3 is 10.2 Å². The average Bonchev–Trinajstić information content (AvgIpc) is 3.60. The summed E-state index contributed by atoms with van der Waals surface area (Å²) in [7, 11) is 1.87. The molecule has 1 N–H and O–H groups in total. The van der Waals surface area contributed by atoms with E-state index in [2.05, 4.69) is 15.4 Å². The predicted octanol–water partition coefficient (Wildman–Crippen LogP) is 3.04. The molecule has 1 saturated carbocycles. The van der Waals surface area contributed by atoms with E-state index >= 15 is 0 Å². The van der Waals surface area contributed by atoms with Gasteiger partial charge in [-0.2, -0.15) is 5.10 Å². The summed E-state index contributed by atoms with van der Waals surface area (Å²) in [4.78, 5) is 36.9. The fraction of sp³-hybridized carbons (Fsp3) is 0.435. The molecule has 8 nitrogen and oxygen atoms in total. The van der Waals surface area contributed by atoms with Crippen LogP contribution in [0, 0.1) is 12.8 Å². The largest absolute Gasteiger partial charge is 0.339 e. The lowest BCUT2D eigenvalue weighted by Crippen LogP contribution is -2.41. The Bertz CT molecular complexity index is 1140. The summed E-state index contributed by atoms with van der Waals surface area (Å²) in [6.07, 6.45) is 5.18. The maximum absolute atomic E-state index is 13.5. The number of amides is 2. The molecule has 0 spiro atoms. The van der Waals surface area contributed by atoms with E-state index in [1.54, 1.807) is 16.9 Å². The summed E-state index contributed by atoms with van der Waals surface area (Å²) in [5.74, 6) is 0.868. The van der Waals surface area contributed by atoms with Gasteiger partial charge in [0.2, 0.25) is 5.91 Å². The van der Waals surface area contributed by atoms with Gasteiger partial charge in [-0.1, -0.05) is 6.07 Å². The van der Waals surface area contributed by atoms with Gasteiger partial charge in [0.25, 0.3) is 5.91 Å². The quantitative estimate of drug-likeness (QED) is 0.703. The molecule has 2 amide bonds. The standard InChI is InChI=1S/C23H26N6O2/c1-14-20-17(13-18(15-6-7-15)25-21(20)28(2)27-14)23(31)29-11-8-16(9-12-29)22(30)26-19-5-3-4-10-24-19/h3-5,10,13,15-16H,6-9,11-12H2,1-2H3,(H,24,26,30). The number of aryl methyl sites for hydroxylation is 2. The number of nitrogens with one attached hydrogen (secondary N) is 1. The van der Waals surface area contributed by atoms with Gasteiger partial charge in [-0.25, -0.2) is 9.97 Å². The van der Waals surface area contributed by atoms with Gasteiger partial charge >= 0.3 is 0 Å². The Morgan fingerprint density at radius 3 is 2.58 bits per heavy atom. The zero-order valence-electron chi connectivity index (χ0n) is 17.8. The number of hydrogen-bond acceptors (Lipinski definition) is 5. The fourth-order valence-electron chi connectivity index (χ4n) is 4.40. The number of likely N-dealkylation sites (tertiary alicyclic amines) is 1. The Morgan fingerprint density at radius 1 is 1.13 bits per heavy atom. The maximum Gasteiger partial charge on any atom is 0.254 e. The van der Waals surface area contributed by atoms with Crippen LogP contribution >= 0.6 is 0 Å². The highest BCUT2D eigenvalue weighted by Crippen LogP contribution is 2.40. The van der Waals surface area contributed by atoms with Gasteiger partial charge in [-0.3, -0.25) is 14.3 Å². The number of carbonyl (C=O) groups excluding carboxylic acids is 2. The van der Waals surface area contributed by atoms with Crippen LogP contribution in [0.4, 0.5) is 5.82 Å². The molecule has 8 heteroatoms. The molecule has 0 unspecified atom stereocenters. The van der Waals surface area contributed by atoms with Gasteiger partial charge in [-0.15, -0.1) is 0 Å². The summed E-state index contributed by atoms with van der Waals surface area (Å²) < 4.78 is 1.77. The number of aromatic nitrogens is 4. The first-order valence-electron chi connectivity index (χ1n) is 10.9. The molecule has 0 atom stereocenters. The second-order valence-electron chi connectivity index (χ2n) is 8.55. The van der Waals surface area contributed by atoms with Gasteiger partial charge in [0, 0.05) is 43.9 Å². The minimum atomic E-state index is -0.120. The molecule has 2 fully saturated rings. The van der Waals surface area contributed by atoms with E-state index in [4.69, 9.17) is 4.98 Å². The smallest absolute Gasteiger partial charge is 0.254 e. The van der Waals surface area contributed by atoms with E-state index in [1.807, 2.05) is 37.1 Å². The number of pyridine rings is 2. The zero-order valence-corrected chi connectivity index (χ0v) is 17.8. The Balaban J connectivity index is 1.33. The first-order chi connectivity index (χ1) is 15.0. The molecule has 0 aromatic carbocycles. The summed E-state index contributed by atoms with van der Waals surface area (Å²) in [5.41, 5.74) is 3.27. The van der Waals surface area contributed by atoms with Crippen molar-refractivity contribution >= 4 is 28.7 Å². The normalized spacial score (nSPS) is 17.2. The highest BCUT2D eigenvalue weighted by atomic mass is 16.2. The second kappa shape index (κ2) is 7.76. The van der Waals surface area contributed by atoms with E-state index in [9.17, 15) is 9.59 Å². The van der Waals surface area contributed by atoms with Crippen LogP contribution in [0.2, 0.25) is 0 Å². The number of carbonyl (C=O) groups is 2. The van der Waals surface area contributed by atoms with Crippen molar-refractivity contribution in [2.45, 2.75) is 38.5 Å². The highest BCUT2D eigenvalue weighted by Gasteiger charge is 2.32. The molecular weight excluding hydrogens is 392 g/mol. The van der Waals surface area contributed by atoms with E-state index in [0.29, 0.717) is 43.2 Å². The molecule has 3 aromatic rings. The van der Waals surface area contributed by atoms with Crippen molar-refractivity contribution in [1.29, 1.82) is 0 Å². The lowest BCUT2D eigenvalue weighted by atomic mass is 9.95. The van der Waals surface area contributed by atoms with Crippen LogP contribution in [0.15, 0.2) is 30.5 Å². The van der Waals surface area contributed by atoms with Crippen molar-refractivity contribution in [3.05, 3.63) is 47.4 Å². The van der Waals surface area contributed by atoms with Gasteiger partial charge in [-0.05, 0) is 50.8 Å².